The Kier molecular flexibility index (Phi) is 5.30. The summed E-state index contributed by atoms with van der Waals surface area (Å²) in [6.45, 7) is 4.05. The Morgan fingerprint density at radius 1 is 1.00 bits per heavy atom. The quantitative estimate of drug-likeness (QED) is 0.464. The summed E-state index contributed by atoms with van der Waals surface area (Å²) in [5, 5.41) is 7.67. The van der Waals surface area contributed by atoms with E-state index < -0.39 is 5.97 Å². The van der Waals surface area contributed by atoms with Crippen LogP contribution in [0.4, 0.5) is 5.69 Å². The molecule has 1 amide bonds. The Morgan fingerprint density at radius 2 is 1.80 bits per heavy atom. The van der Waals surface area contributed by atoms with Gasteiger partial charge in [-0.15, -0.1) is 0 Å². The molecular formula is C24H20N2O4. The van der Waals surface area contributed by atoms with Crippen LogP contribution in [0.15, 0.2) is 71.3 Å². The van der Waals surface area contributed by atoms with Crippen LogP contribution in [0, 0.1) is 6.92 Å². The van der Waals surface area contributed by atoms with Crippen molar-refractivity contribution in [3.63, 3.8) is 0 Å². The van der Waals surface area contributed by atoms with E-state index in [1.54, 1.807) is 49.4 Å². The third-order valence-electron chi connectivity index (χ3n) is 4.68. The highest BCUT2D eigenvalue weighted by molar-refractivity contribution is 6.07. The van der Waals surface area contributed by atoms with Gasteiger partial charge in [-0.25, -0.2) is 4.79 Å². The van der Waals surface area contributed by atoms with E-state index in [1.807, 2.05) is 31.2 Å². The lowest BCUT2D eigenvalue weighted by Crippen LogP contribution is -2.12. The van der Waals surface area contributed by atoms with Crippen LogP contribution in [0.3, 0.4) is 0 Å². The summed E-state index contributed by atoms with van der Waals surface area (Å²) in [7, 11) is 0. The number of hydrogen-bond acceptors (Lipinski definition) is 5. The summed E-state index contributed by atoms with van der Waals surface area (Å²) < 4.78 is 10.5. The van der Waals surface area contributed by atoms with Crippen LogP contribution in [-0.2, 0) is 4.74 Å². The van der Waals surface area contributed by atoms with Crippen molar-refractivity contribution in [3.05, 3.63) is 83.4 Å². The zero-order valence-corrected chi connectivity index (χ0v) is 16.6. The molecule has 1 N–H and O–H groups in total. The van der Waals surface area contributed by atoms with E-state index in [1.165, 1.54) is 0 Å². The van der Waals surface area contributed by atoms with Gasteiger partial charge in [0.1, 0.15) is 5.52 Å². The highest BCUT2D eigenvalue weighted by Crippen LogP contribution is 2.29. The van der Waals surface area contributed by atoms with E-state index in [4.69, 9.17) is 9.26 Å². The summed E-state index contributed by atoms with van der Waals surface area (Å²) in [6, 6.07) is 19.8. The van der Waals surface area contributed by atoms with Gasteiger partial charge >= 0.3 is 5.97 Å². The lowest BCUT2D eigenvalue weighted by molar-refractivity contribution is 0.0526. The number of aryl methyl sites for hydroxylation is 1. The maximum Gasteiger partial charge on any atom is 0.338 e. The molecule has 0 saturated heterocycles. The second kappa shape index (κ2) is 8.21. The standard InChI is InChI=1S/C24H20N2O4/c1-3-29-24(28)18-5-4-6-19(13-18)25-23(27)17-11-12-21-20(14-17)22(30-26-21)16-9-7-15(2)8-10-16/h4-14H,3H2,1-2H3,(H,25,27). The fourth-order valence-corrected chi connectivity index (χ4v) is 3.14. The number of carbonyl (C=O) groups is 2. The molecule has 0 fully saturated rings. The van der Waals surface area contributed by atoms with Crippen molar-refractivity contribution in [2.45, 2.75) is 13.8 Å². The molecular weight excluding hydrogens is 380 g/mol. The number of ether oxygens (including phenoxy) is 1. The van der Waals surface area contributed by atoms with Gasteiger partial charge < -0.3 is 14.6 Å². The number of aromatic nitrogens is 1. The molecule has 4 rings (SSSR count). The number of nitrogens with one attached hydrogen (secondary N) is 1. The highest BCUT2D eigenvalue weighted by Gasteiger charge is 2.15. The first kappa shape index (κ1) is 19.4. The fourth-order valence-electron chi connectivity index (χ4n) is 3.14. The van der Waals surface area contributed by atoms with Crippen LogP contribution >= 0.6 is 0 Å². The summed E-state index contributed by atoms with van der Waals surface area (Å²) in [5.74, 6) is -0.111. The summed E-state index contributed by atoms with van der Waals surface area (Å²) in [5.41, 5.74) is 4.06. The molecule has 0 aliphatic carbocycles. The SMILES string of the molecule is CCOC(=O)c1cccc(NC(=O)c2ccc3noc(-c4ccc(C)cc4)c3c2)c1. The molecule has 0 radical (unpaired) electrons. The monoisotopic (exact) mass is 400 g/mol. The van der Waals surface area contributed by atoms with E-state index in [2.05, 4.69) is 10.5 Å². The maximum absolute atomic E-state index is 12.8. The van der Waals surface area contributed by atoms with Gasteiger partial charge in [0, 0.05) is 16.8 Å². The van der Waals surface area contributed by atoms with Gasteiger partial charge in [0.05, 0.1) is 17.6 Å². The van der Waals surface area contributed by atoms with Crippen molar-refractivity contribution in [1.82, 2.24) is 5.16 Å². The average Bonchev–Trinajstić information content (AvgIpc) is 3.18. The first-order chi connectivity index (χ1) is 14.5. The van der Waals surface area contributed by atoms with Gasteiger partial charge in [-0.05, 0) is 50.2 Å². The molecule has 0 atom stereocenters. The summed E-state index contributed by atoms with van der Waals surface area (Å²) >= 11 is 0. The van der Waals surface area contributed by atoms with E-state index in [0.29, 0.717) is 28.1 Å². The van der Waals surface area contributed by atoms with Crippen LogP contribution in [0.2, 0.25) is 0 Å². The molecule has 150 valence electrons. The van der Waals surface area contributed by atoms with Crippen molar-refractivity contribution < 1.29 is 18.8 Å². The minimum Gasteiger partial charge on any atom is -0.462 e. The van der Waals surface area contributed by atoms with Crippen LogP contribution < -0.4 is 5.32 Å². The van der Waals surface area contributed by atoms with Crippen LogP contribution in [0.25, 0.3) is 22.2 Å². The van der Waals surface area contributed by atoms with Crippen molar-refractivity contribution in [2.24, 2.45) is 0 Å². The number of carbonyl (C=O) groups excluding carboxylic acids is 2. The third-order valence-corrected chi connectivity index (χ3v) is 4.68. The molecule has 0 spiro atoms. The van der Waals surface area contributed by atoms with Crippen LogP contribution in [0.5, 0.6) is 0 Å². The predicted octanol–water partition coefficient (Wildman–Crippen LogP) is 5.23. The second-order valence-corrected chi connectivity index (χ2v) is 6.87. The van der Waals surface area contributed by atoms with E-state index in [-0.39, 0.29) is 12.5 Å². The van der Waals surface area contributed by atoms with Gasteiger partial charge in [0.2, 0.25) is 0 Å². The zero-order valence-electron chi connectivity index (χ0n) is 16.6. The Bertz CT molecular complexity index is 1230. The zero-order chi connectivity index (χ0) is 21.1. The van der Waals surface area contributed by atoms with Gasteiger partial charge in [-0.3, -0.25) is 4.79 Å². The van der Waals surface area contributed by atoms with Crippen molar-refractivity contribution in [3.8, 4) is 11.3 Å². The van der Waals surface area contributed by atoms with E-state index >= 15 is 0 Å². The minimum absolute atomic E-state index is 0.289. The molecule has 0 unspecified atom stereocenters. The molecule has 6 heteroatoms. The smallest absolute Gasteiger partial charge is 0.338 e. The number of fused-ring (bicyclic) bond motifs is 1. The largest absolute Gasteiger partial charge is 0.462 e. The van der Waals surface area contributed by atoms with Gasteiger partial charge in [0.15, 0.2) is 5.76 Å². The summed E-state index contributed by atoms with van der Waals surface area (Å²) in [6.07, 6.45) is 0. The lowest BCUT2D eigenvalue weighted by Gasteiger charge is -2.07. The molecule has 1 aromatic heterocycles. The number of hydrogen-bond donors (Lipinski definition) is 1. The lowest BCUT2D eigenvalue weighted by atomic mass is 10.0. The summed E-state index contributed by atoms with van der Waals surface area (Å²) in [4.78, 5) is 24.7. The van der Waals surface area contributed by atoms with Gasteiger partial charge in [0.25, 0.3) is 5.91 Å². The Balaban J connectivity index is 1.61. The molecule has 6 nitrogen and oxygen atoms in total. The molecule has 4 aromatic rings. The van der Waals surface area contributed by atoms with E-state index in [9.17, 15) is 9.59 Å². The molecule has 0 saturated carbocycles. The number of anilines is 1. The van der Waals surface area contributed by atoms with Crippen molar-refractivity contribution in [2.75, 3.05) is 11.9 Å². The molecule has 3 aromatic carbocycles. The first-order valence-corrected chi connectivity index (χ1v) is 9.60. The number of amides is 1. The molecule has 0 aliphatic rings. The third kappa shape index (κ3) is 3.93. The number of benzene rings is 3. The van der Waals surface area contributed by atoms with Crippen molar-refractivity contribution in [1.29, 1.82) is 0 Å². The second-order valence-electron chi connectivity index (χ2n) is 6.87. The Labute approximate surface area is 173 Å². The first-order valence-electron chi connectivity index (χ1n) is 9.60. The van der Waals surface area contributed by atoms with Crippen LogP contribution in [-0.4, -0.2) is 23.6 Å². The Hall–Kier alpha value is -3.93. The maximum atomic E-state index is 12.8. The minimum atomic E-state index is -0.428. The molecule has 0 bridgehead atoms. The highest BCUT2D eigenvalue weighted by atomic mass is 16.5. The predicted molar refractivity (Wildman–Crippen MR) is 115 cm³/mol. The molecule has 0 aliphatic heterocycles. The molecule has 1 heterocycles. The number of rotatable bonds is 5. The van der Waals surface area contributed by atoms with Gasteiger partial charge in [-0.1, -0.05) is 41.1 Å². The molecule has 30 heavy (non-hydrogen) atoms. The number of esters is 1. The average molecular weight is 400 g/mol. The topological polar surface area (TPSA) is 81.4 Å². The Morgan fingerprint density at radius 3 is 2.57 bits per heavy atom. The normalized spacial score (nSPS) is 10.7. The fraction of sp³-hybridized carbons (Fsp3) is 0.125. The van der Waals surface area contributed by atoms with E-state index in [0.717, 1.165) is 16.5 Å². The number of nitrogens with zero attached hydrogens (tertiary/aromatic N) is 1. The van der Waals surface area contributed by atoms with Crippen LogP contribution in [0.1, 0.15) is 33.2 Å². The van der Waals surface area contributed by atoms with Crippen molar-refractivity contribution >= 4 is 28.5 Å². The van der Waals surface area contributed by atoms with Gasteiger partial charge in [-0.2, -0.15) is 0 Å².